The summed E-state index contributed by atoms with van der Waals surface area (Å²) in [5, 5.41) is 9.71. The van der Waals surface area contributed by atoms with Gasteiger partial charge in [0, 0.05) is 47.7 Å². The van der Waals surface area contributed by atoms with Gasteiger partial charge in [0.15, 0.2) is 11.0 Å². The number of halogens is 2. The van der Waals surface area contributed by atoms with Gasteiger partial charge in [-0.1, -0.05) is 29.4 Å². The molecule has 27 heavy (non-hydrogen) atoms. The van der Waals surface area contributed by atoms with E-state index in [1.54, 1.807) is 12.1 Å². The lowest BCUT2D eigenvalue weighted by atomic mass is 10.2. The lowest BCUT2D eigenvalue weighted by Crippen LogP contribution is -2.21. The molecule has 0 bridgehead atoms. The van der Waals surface area contributed by atoms with Crippen molar-refractivity contribution in [2.45, 2.75) is 24.8 Å². The van der Waals surface area contributed by atoms with E-state index in [1.165, 1.54) is 23.5 Å². The van der Waals surface area contributed by atoms with Crippen LogP contribution >= 0.6 is 23.4 Å². The van der Waals surface area contributed by atoms with Crippen LogP contribution in [0.25, 0.3) is 11.4 Å². The molecule has 3 aromatic rings. The van der Waals surface area contributed by atoms with E-state index in [0.29, 0.717) is 16.3 Å². The number of hydrogen-bond donors (Lipinski definition) is 0. The topological polar surface area (TPSA) is 34.0 Å². The van der Waals surface area contributed by atoms with Gasteiger partial charge in [0.1, 0.15) is 5.82 Å². The summed E-state index contributed by atoms with van der Waals surface area (Å²) in [4.78, 5) is 2.29. The van der Waals surface area contributed by atoms with Crippen LogP contribution in [0.15, 0.2) is 47.6 Å². The van der Waals surface area contributed by atoms with Crippen molar-refractivity contribution in [2.24, 2.45) is 7.05 Å². The van der Waals surface area contributed by atoms with Crippen LogP contribution < -0.4 is 4.90 Å². The maximum Gasteiger partial charge on any atom is 0.191 e. The molecule has 0 aliphatic heterocycles. The maximum absolute atomic E-state index is 13.9. The third-order valence-electron chi connectivity index (χ3n) is 4.50. The van der Waals surface area contributed by atoms with Crippen LogP contribution in [0.4, 0.5) is 10.1 Å². The largest absolute Gasteiger partial charge is 0.372 e. The molecule has 0 fully saturated rings. The van der Waals surface area contributed by atoms with Crippen LogP contribution in [0, 0.1) is 5.82 Å². The Kier molecular flexibility index (Phi) is 6.39. The van der Waals surface area contributed by atoms with Crippen LogP contribution in [0.5, 0.6) is 0 Å². The predicted molar refractivity (Wildman–Crippen MR) is 111 cm³/mol. The summed E-state index contributed by atoms with van der Waals surface area (Å²) >= 11 is 7.52. The van der Waals surface area contributed by atoms with Crippen LogP contribution in [0.3, 0.4) is 0 Å². The third kappa shape index (κ3) is 4.28. The predicted octanol–water partition coefficient (Wildman–Crippen LogP) is 5.41. The Hall–Kier alpha value is -2.05. The van der Waals surface area contributed by atoms with Crippen molar-refractivity contribution in [3.63, 3.8) is 0 Å². The minimum Gasteiger partial charge on any atom is -0.372 e. The average Bonchev–Trinajstić information content (AvgIpc) is 3.03. The van der Waals surface area contributed by atoms with Gasteiger partial charge in [-0.3, -0.25) is 0 Å². The van der Waals surface area contributed by atoms with Gasteiger partial charge in [0.25, 0.3) is 0 Å². The second-order valence-electron chi connectivity index (χ2n) is 6.07. The Bertz CT molecular complexity index is 887. The van der Waals surface area contributed by atoms with Crippen molar-refractivity contribution in [1.82, 2.24) is 14.8 Å². The third-order valence-corrected chi connectivity index (χ3v) is 5.90. The zero-order valence-corrected chi connectivity index (χ0v) is 17.2. The zero-order valence-electron chi connectivity index (χ0n) is 15.6. The molecule has 0 amide bonds. The summed E-state index contributed by atoms with van der Waals surface area (Å²) in [6, 6.07) is 13.0. The summed E-state index contributed by atoms with van der Waals surface area (Å²) in [7, 11) is 1.92. The van der Waals surface area contributed by atoms with E-state index in [1.807, 2.05) is 11.6 Å². The van der Waals surface area contributed by atoms with Gasteiger partial charge in [0.2, 0.25) is 0 Å². The molecule has 2 aromatic carbocycles. The molecule has 0 atom stereocenters. The molecule has 0 unspecified atom stereocenters. The van der Waals surface area contributed by atoms with E-state index in [9.17, 15) is 4.39 Å². The lowest BCUT2D eigenvalue weighted by Gasteiger charge is -2.21. The second-order valence-corrected chi connectivity index (χ2v) is 7.42. The Morgan fingerprint density at radius 1 is 1.07 bits per heavy atom. The Morgan fingerprint density at radius 3 is 2.41 bits per heavy atom. The Balaban J connectivity index is 1.77. The minimum atomic E-state index is -0.301. The number of thioether (sulfide) groups is 1. The van der Waals surface area contributed by atoms with E-state index < -0.39 is 0 Å². The van der Waals surface area contributed by atoms with E-state index >= 15 is 0 Å². The van der Waals surface area contributed by atoms with E-state index in [0.717, 1.165) is 29.6 Å². The molecule has 0 radical (unpaired) electrons. The lowest BCUT2D eigenvalue weighted by molar-refractivity contribution is 0.617. The summed E-state index contributed by atoms with van der Waals surface area (Å²) < 4.78 is 15.9. The molecule has 7 heteroatoms. The zero-order chi connectivity index (χ0) is 19.4. The highest BCUT2D eigenvalue weighted by atomic mass is 35.5. The van der Waals surface area contributed by atoms with E-state index in [4.69, 9.17) is 11.6 Å². The number of aromatic nitrogens is 3. The number of rotatable bonds is 7. The molecule has 0 aliphatic rings. The summed E-state index contributed by atoms with van der Waals surface area (Å²) in [6.45, 7) is 6.23. The number of hydrogen-bond acceptors (Lipinski definition) is 4. The molecule has 1 heterocycles. The fourth-order valence-corrected chi connectivity index (χ4v) is 4.16. The van der Waals surface area contributed by atoms with Crippen molar-refractivity contribution in [3.05, 3.63) is 58.9 Å². The van der Waals surface area contributed by atoms with Crippen molar-refractivity contribution >= 4 is 29.1 Å². The summed E-state index contributed by atoms with van der Waals surface area (Å²) in [5.41, 5.74) is 2.67. The van der Waals surface area contributed by atoms with Crippen LogP contribution in [-0.4, -0.2) is 27.9 Å². The van der Waals surface area contributed by atoms with Gasteiger partial charge in [-0.05, 0) is 50.2 Å². The maximum atomic E-state index is 13.9. The van der Waals surface area contributed by atoms with Gasteiger partial charge < -0.3 is 9.47 Å². The summed E-state index contributed by atoms with van der Waals surface area (Å²) in [6.07, 6.45) is 0. The highest BCUT2D eigenvalue weighted by Crippen LogP contribution is 2.29. The van der Waals surface area contributed by atoms with Crippen molar-refractivity contribution in [2.75, 3.05) is 18.0 Å². The van der Waals surface area contributed by atoms with Crippen LogP contribution in [-0.2, 0) is 12.8 Å². The van der Waals surface area contributed by atoms with Crippen LogP contribution in [0.1, 0.15) is 19.4 Å². The summed E-state index contributed by atoms with van der Waals surface area (Å²) in [5.74, 6) is 0.880. The number of anilines is 1. The molecule has 0 N–H and O–H groups in total. The molecular weight excluding hydrogens is 383 g/mol. The molecular formula is C20H22ClFN4S. The number of benzene rings is 2. The minimum absolute atomic E-state index is 0.301. The normalized spacial score (nSPS) is 11.0. The van der Waals surface area contributed by atoms with Gasteiger partial charge >= 0.3 is 0 Å². The molecule has 0 aliphatic carbocycles. The Morgan fingerprint density at radius 2 is 1.78 bits per heavy atom. The fourth-order valence-electron chi connectivity index (χ4n) is 2.91. The van der Waals surface area contributed by atoms with Gasteiger partial charge in [-0.2, -0.15) is 0 Å². The van der Waals surface area contributed by atoms with Gasteiger partial charge in [-0.25, -0.2) is 4.39 Å². The second kappa shape index (κ2) is 8.76. The van der Waals surface area contributed by atoms with Crippen molar-refractivity contribution in [3.8, 4) is 11.4 Å². The highest BCUT2D eigenvalue weighted by molar-refractivity contribution is 7.98. The molecule has 142 valence electrons. The first-order valence-corrected chi connectivity index (χ1v) is 10.2. The van der Waals surface area contributed by atoms with Crippen LogP contribution in [0.2, 0.25) is 5.02 Å². The molecule has 1 aromatic heterocycles. The quantitative estimate of drug-likeness (QED) is 0.493. The standard InChI is InChI=1S/C20H22ClFN4S/c1-4-26(5-2)15-11-9-14(10-12-15)19-23-24-20(25(19)3)27-13-16-17(21)7-6-8-18(16)22/h6-12H,4-5,13H2,1-3H3. The highest BCUT2D eigenvalue weighted by Gasteiger charge is 2.14. The number of nitrogens with zero attached hydrogens (tertiary/aromatic N) is 4. The average molecular weight is 405 g/mol. The van der Waals surface area contributed by atoms with E-state index in [-0.39, 0.29) is 5.82 Å². The molecule has 0 saturated heterocycles. The first-order valence-electron chi connectivity index (χ1n) is 8.85. The molecule has 4 nitrogen and oxygen atoms in total. The fraction of sp³-hybridized carbons (Fsp3) is 0.300. The smallest absolute Gasteiger partial charge is 0.191 e. The molecule has 0 saturated carbocycles. The first kappa shape index (κ1) is 19.7. The first-order chi connectivity index (χ1) is 13.0. The van der Waals surface area contributed by atoms with Gasteiger partial charge in [-0.15, -0.1) is 10.2 Å². The molecule has 0 spiro atoms. The monoisotopic (exact) mass is 404 g/mol. The van der Waals surface area contributed by atoms with Crippen molar-refractivity contribution in [1.29, 1.82) is 0 Å². The van der Waals surface area contributed by atoms with Crippen molar-refractivity contribution < 1.29 is 4.39 Å². The molecule has 3 rings (SSSR count). The Labute approximate surface area is 168 Å². The van der Waals surface area contributed by atoms with E-state index in [2.05, 4.69) is 53.2 Å². The van der Waals surface area contributed by atoms with Gasteiger partial charge in [0.05, 0.1) is 0 Å². The SMILES string of the molecule is CCN(CC)c1ccc(-c2nnc(SCc3c(F)cccc3Cl)n2C)cc1.